The van der Waals surface area contributed by atoms with Crippen molar-refractivity contribution in [2.45, 2.75) is 13.1 Å². The lowest BCUT2D eigenvalue weighted by atomic mass is 10.5. The minimum atomic E-state index is 0.458. The molecule has 0 radical (unpaired) electrons. The predicted molar refractivity (Wildman–Crippen MR) is 49.1 cm³/mol. The zero-order valence-corrected chi connectivity index (χ0v) is 7.74. The molecule has 0 saturated heterocycles. The molecule has 0 atom stereocenters. The molecule has 0 saturated carbocycles. The molecule has 68 valence electrons. The van der Waals surface area contributed by atoms with Crippen molar-refractivity contribution >= 4 is 11.5 Å². The number of aromatic nitrogens is 4. The molecule has 5 nitrogen and oxygen atoms in total. The Morgan fingerprint density at radius 3 is 3.15 bits per heavy atom. The van der Waals surface area contributed by atoms with Crippen LogP contribution in [-0.4, -0.2) is 19.1 Å². The number of nitrogens with two attached hydrogens (primary N) is 1. The van der Waals surface area contributed by atoms with Crippen LogP contribution in [0.15, 0.2) is 18.6 Å². The topological polar surface area (TPSA) is 69.6 Å². The number of hydrogen-bond donors (Lipinski definition) is 1. The summed E-state index contributed by atoms with van der Waals surface area (Å²) in [4.78, 5) is 5.22. The molecule has 6 heteroatoms. The molecule has 0 aliphatic heterocycles. The maximum Gasteiger partial charge on any atom is 0.122 e. The van der Waals surface area contributed by atoms with Gasteiger partial charge in [-0.05, 0) is 11.5 Å². The molecule has 0 aromatic carbocycles. The Morgan fingerprint density at radius 1 is 1.54 bits per heavy atom. The third-order valence-corrected chi connectivity index (χ3v) is 2.36. The highest BCUT2D eigenvalue weighted by atomic mass is 32.1. The van der Waals surface area contributed by atoms with Gasteiger partial charge in [-0.3, -0.25) is 0 Å². The summed E-state index contributed by atoms with van der Waals surface area (Å²) in [6.07, 6.45) is 5.41. The van der Waals surface area contributed by atoms with Gasteiger partial charge in [-0.15, -0.1) is 5.10 Å². The first-order valence-corrected chi connectivity index (χ1v) is 4.64. The van der Waals surface area contributed by atoms with Crippen molar-refractivity contribution in [1.29, 1.82) is 0 Å². The summed E-state index contributed by atoms with van der Waals surface area (Å²) >= 11 is 1.39. The van der Waals surface area contributed by atoms with Crippen LogP contribution in [0.2, 0.25) is 0 Å². The number of hydrogen-bond acceptors (Lipinski definition) is 5. The Balaban J connectivity index is 2.18. The van der Waals surface area contributed by atoms with Crippen LogP contribution in [0.5, 0.6) is 0 Å². The first kappa shape index (κ1) is 8.33. The van der Waals surface area contributed by atoms with Gasteiger partial charge in [0.15, 0.2) is 0 Å². The van der Waals surface area contributed by atoms with E-state index in [9.17, 15) is 0 Å². The average Bonchev–Trinajstić information content (AvgIpc) is 2.76. The van der Waals surface area contributed by atoms with Crippen molar-refractivity contribution in [3.05, 3.63) is 29.3 Å². The fraction of sp³-hybridized carbons (Fsp3) is 0.286. The van der Waals surface area contributed by atoms with Gasteiger partial charge in [-0.2, -0.15) is 0 Å². The van der Waals surface area contributed by atoms with Crippen molar-refractivity contribution in [3.8, 4) is 0 Å². The molecule has 2 aromatic rings. The Kier molecular flexibility index (Phi) is 2.33. The van der Waals surface area contributed by atoms with E-state index in [2.05, 4.69) is 14.6 Å². The lowest BCUT2D eigenvalue weighted by Gasteiger charge is -2.02. The smallest absolute Gasteiger partial charge is 0.122 e. The molecule has 0 fully saturated rings. The van der Waals surface area contributed by atoms with Crippen molar-refractivity contribution in [2.75, 3.05) is 0 Å². The Hall–Kier alpha value is -1.27. The summed E-state index contributed by atoms with van der Waals surface area (Å²) in [6.45, 7) is 1.21. The van der Waals surface area contributed by atoms with Crippen molar-refractivity contribution in [3.63, 3.8) is 0 Å². The Labute approximate surface area is 79.4 Å². The van der Waals surface area contributed by atoms with Crippen LogP contribution in [0.4, 0.5) is 0 Å². The van der Waals surface area contributed by atoms with E-state index >= 15 is 0 Å². The van der Waals surface area contributed by atoms with E-state index in [4.69, 9.17) is 5.73 Å². The zero-order valence-electron chi connectivity index (χ0n) is 6.92. The van der Waals surface area contributed by atoms with Gasteiger partial charge in [0.2, 0.25) is 0 Å². The Bertz CT molecular complexity index is 366. The fourth-order valence-corrected chi connectivity index (χ4v) is 1.59. The van der Waals surface area contributed by atoms with Crippen LogP contribution in [0.25, 0.3) is 0 Å². The molecule has 0 aliphatic rings. The largest absolute Gasteiger partial charge is 0.329 e. The van der Waals surface area contributed by atoms with E-state index in [1.165, 1.54) is 11.5 Å². The first-order chi connectivity index (χ1) is 6.40. The third kappa shape index (κ3) is 1.73. The maximum absolute atomic E-state index is 5.51. The Morgan fingerprint density at radius 2 is 2.46 bits per heavy atom. The molecule has 2 aromatic heterocycles. The van der Waals surface area contributed by atoms with E-state index in [1.807, 2.05) is 10.8 Å². The highest BCUT2D eigenvalue weighted by molar-refractivity contribution is 7.05. The number of imidazole rings is 1. The second-order valence-electron chi connectivity index (χ2n) is 2.56. The van der Waals surface area contributed by atoms with Gasteiger partial charge >= 0.3 is 0 Å². The fourth-order valence-electron chi connectivity index (χ4n) is 1.10. The van der Waals surface area contributed by atoms with Gasteiger partial charge in [0.25, 0.3) is 0 Å². The van der Waals surface area contributed by atoms with Crippen molar-refractivity contribution in [1.82, 2.24) is 19.1 Å². The van der Waals surface area contributed by atoms with Crippen LogP contribution in [0, 0.1) is 0 Å². The molecule has 0 aliphatic carbocycles. The van der Waals surface area contributed by atoms with Crippen LogP contribution in [0.1, 0.15) is 10.7 Å². The van der Waals surface area contributed by atoms with Crippen LogP contribution >= 0.6 is 11.5 Å². The summed E-state index contributed by atoms with van der Waals surface area (Å²) in [5, 5.41) is 3.76. The van der Waals surface area contributed by atoms with Gasteiger partial charge in [0, 0.05) is 12.4 Å². The lowest BCUT2D eigenvalue weighted by Crippen LogP contribution is -2.07. The second-order valence-corrected chi connectivity index (χ2v) is 3.43. The molecule has 0 spiro atoms. The highest BCUT2D eigenvalue weighted by Crippen LogP contribution is 2.06. The molecule has 2 heterocycles. The third-order valence-electron chi connectivity index (χ3n) is 1.72. The van der Waals surface area contributed by atoms with Gasteiger partial charge in [-0.1, -0.05) is 4.49 Å². The van der Waals surface area contributed by atoms with E-state index in [1.54, 1.807) is 12.4 Å². The van der Waals surface area contributed by atoms with Gasteiger partial charge in [0.05, 0.1) is 24.2 Å². The minimum absolute atomic E-state index is 0.458. The maximum atomic E-state index is 5.51. The van der Waals surface area contributed by atoms with Crippen LogP contribution in [0.3, 0.4) is 0 Å². The summed E-state index contributed by atoms with van der Waals surface area (Å²) in [5.74, 6) is 0.883. The quantitative estimate of drug-likeness (QED) is 0.761. The summed E-state index contributed by atoms with van der Waals surface area (Å²) in [6, 6.07) is 0. The molecule has 13 heavy (non-hydrogen) atoms. The molecule has 2 N–H and O–H groups in total. The van der Waals surface area contributed by atoms with E-state index in [0.717, 1.165) is 17.2 Å². The number of rotatable bonds is 3. The summed E-state index contributed by atoms with van der Waals surface area (Å²) in [7, 11) is 0. The van der Waals surface area contributed by atoms with Crippen molar-refractivity contribution < 1.29 is 0 Å². The first-order valence-electron chi connectivity index (χ1n) is 3.86. The molecule has 2 rings (SSSR count). The van der Waals surface area contributed by atoms with Crippen molar-refractivity contribution in [2.24, 2.45) is 5.73 Å². The summed E-state index contributed by atoms with van der Waals surface area (Å²) in [5.41, 5.74) is 5.51. The summed E-state index contributed by atoms with van der Waals surface area (Å²) < 4.78 is 5.78. The molecular weight excluding hydrogens is 186 g/mol. The minimum Gasteiger partial charge on any atom is -0.329 e. The van der Waals surface area contributed by atoms with Crippen LogP contribution in [-0.2, 0) is 13.1 Å². The standard InChI is InChI=1S/C7H9N5S/c8-3-7-9-1-2-12(7)5-6-4-10-11-13-6/h1-2,4H,3,5,8H2. The molecule has 0 unspecified atom stereocenters. The molecule has 0 amide bonds. The normalized spacial score (nSPS) is 10.5. The SMILES string of the molecule is NCc1nccn1Cc1cnns1. The van der Waals surface area contributed by atoms with Gasteiger partial charge in [-0.25, -0.2) is 4.98 Å². The van der Waals surface area contributed by atoms with Gasteiger partial charge in [0.1, 0.15) is 5.82 Å². The zero-order chi connectivity index (χ0) is 9.10. The predicted octanol–water partition coefficient (Wildman–Crippen LogP) is 0.242. The second kappa shape index (κ2) is 3.63. The monoisotopic (exact) mass is 195 g/mol. The molecular formula is C7H9N5S. The lowest BCUT2D eigenvalue weighted by molar-refractivity contribution is 0.730. The average molecular weight is 195 g/mol. The number of nitrogens with zero attached hydrogens (tertiary/aromatic N) is 4. The van der Waals surface area contributed by atoms with E-state index in [-0.39, 0.29) is 0 Å². The van der Waals surface area contributed by atoms with E-state index in [0.29, 0.717) is 6.54 Å². The van der Waals surface area contributed by atoms with Gasteiger partial charge < -0.3 is 10.3 Å². The highest BCUT2D eigenvalue weighted by Gasteiger charge is 2.02. The van der Waals surface area contributed by atoms with E-state index < -0.39 is 0 Å². The molecule has 0 bridgehead atoms. The van der Waals surface area contributed by atoms with Crippen LogP contribution < -0.4 is 5.73 Å².